The number of hydrogen-bond donors (Lipinski definition) is 6. The number of nitrogens with one attached hydrogen (secondary N) is 4. The summed E-state index contributed by atoms with van der Waals surface area (Å²) >= 11 is 1.48. The van der Waals surface area contributed by atoms with Gasteiger partial charge in [0, 0.05) is 30.4 Å². The van der Waals surface area contributed by atoms with Crippen LogP contribution < -0.4 is 21.3 Å². The number of nitrogens with zero attached hydrogens (tertiary/aromatic N) is 3. The first-order valence-corrected chi connectivity index (χ1v) is 12.5. The number of aliphatic hydroxyl groups excluding tert-OH is 2. The van der Waals surface area contributed by atoms with E-state index < -0.39 is 6.04 Å². The quantitative estimate of drug-likeness (QED) is 0.237. The van der Waals surface area contributed by atoms with Crippen molar-refractivity contribution in [3.8, 4) is 21.8 Å². The van der Waals surface area contributed by atoms with Gasteiger partial charge in [-0.2, -0.15) is 0 Å². The van der Waals surface area contributed by atoms with Crippen molar-refractivity contribution in [3.63, 3.8) is 0 Å². The minimum absolute atomic E-state index is 0.184. The smallest absolute Gasteiger partial charge is 0.315 e. The number of amides is 2. The Kier molecular flexibility index (Phi) is 8.11. The molecule has 35 heavy (non-hydrogen) atoms. The molecule has 2 heterocycles. The third-order valence-electron chi connectivity index (χ3n) is 5.32. The summed E-state index contributed by atoms with van der Waals surface area (Å²) in [6.07, 6.45) is 3.81. The van der Waals surface area contributed by atoms with Gasteiger partial charge < -0.3 is 31.5 Å². The molecule has 1 aliphatic carbocycles. The number of carbonyl (C=O) groups is 1. The zero-order chi connectivity index (χ0) is 24.8. The molecule has 11 heteroatoms. The van der Waals surface area contributed by atoms with Gasteiger partial charge in [-0.25, -0.2) is 19.7 Å². The summed E-state index contributed by atoms with van der Waals surface area (Å²) in [5, 5.41) is 32.0. The summed E-state index contributed by atoms with van der Waals surface area (Å²) in [6.45, 7) is 3.91. The number of urea groups is 1. The van der Waals surface area contributed by atoms with E-state index in [9.17, 15) is 15.0 Å². The lowest BCUT2D eigenvalue weighted by atomic mass is 10.0. The largest absolute Gasteiger partial charge is 0.394 e. The van der Waals surface area contributed by atoms with E-state index in [-0.39, 0.29) is 37.3 Å². The molecule has 1 aliphatic rings. The molecule has 0 unspecified atom stereocenters. The van der Waals surface area contributed by atoms with Gasteiger partial charge in [0.05, 0.1) is 35.5 Å². The van der Waals surface area contributed by atoms with Crippen LogP contribution in [-0.4, -0.2) is 62.5 Å². The second-order valence-corrected chi connectivity index (χ2v) is 9.79. The predicted molar refractivity (Wildman–Crippen MR) is 137 cm³/mol. The first kappa shape index (κ1) is 24.8. The molecule has 4 rings (SSSR count). The molecule has 3 aromatic rings. The fourth-order valence-corrected chi connectivity index (χ4v) is 4.30. The van der Waals surface area contributed by atoms with Gasteiger partial charge in [0.25, 0.3) is 0 Å². The molecule has 0 bridgehead atoms. The minimum Gasteiger partial charge on any atom is -0.394 e. The van der Waals surface area contributed by atoms with E-state index in [0.717, 1.165) is 34.0 Å². The van der Waals surface area contributed by atoms with E-state index in [4.69, 9.17) is 0 Å². The molecule has 0 radical (unpaired) electrons. The van der Waals surface area contributed by atoms with Gasteiger partial charge in [-0.1, -0.05) is 35.6 Å². The summed E-state index contributed by atoms with van der Waals surface area (Å²) in [5.41, 5.74) is 3.07. The molecule has 1 saturated carbocycles. The second-order valence-electron chi connectivity index (χ2n) is 8.76. The number of anilines is 2. The zero-order valence-corrected chi connectivity index (χ0v) is 20.6. The first-order valence-electron chi connectivity index (χ1n) is 11.7. The van der Waals surface area contributed by atoms with Crippen LogP contribution in [0.5, 0.6) is 0 Å². The van der Waals surface area contributed by atoms with E-state index in [1.54, 1.807) is 6.20 Å². The Morgan fingerprint density at radius 3 is 2.57 bits per heavy atom. The maximum absolute atomic E-state index is 12.2. The third kappa shape index (κ3) is 6.87. The van der Waals surface area contributed by atoms with Gasteiger partial charge >= 0.3 is 6.03 Å². The molecular weight excluding hydrogens is 466 g/mol. The Morgan fingerprint density at radius 1 is 1.11 bits per heavy atom. The van der Waals surface area contributed by atoms with Gasteiger partial charge in [0.1, 0.15) is 0 Å². The van der Waals surface area contributed by atoms with Gasteiger partial charge in [0.2, 0.25) is 5.95 Å². The van der Waals surface area contributed by atoms with Crippen molar-refractivity contribution in [2.75, 3.05) is 23.8 Å². The van der Waals surface area contributed by atoms with Gasteiger partial charge in [-0.3, -0.25) is 0 Å². The van der Waals surface area contributed by atoms with Crippen LogP contribution in [0.15, 0.2) is 36.5 Å². The van der Waals surface area contributed by atoms with E-state index in [1.165, 1.54) is 11.3 Å². The normalized spacial score (nSPS) is 13.2. The van der Waals surface area contributed by atoms with Crippen LogP contribution >= 0.6 is 11.3 Å². The number of rotatable bonds is 11. The molecule has 2 aromatic heterocycles. The Hall–Kier alpha value is -3.28. The van der Waals surface area contributed by atoms with Crippen molar-refractivity contribution in [3.05, 3.63) is 42.1 Å². The van der Waals surface area contributed by atoms with Crippen molar-refractivity contribution in [1.29, 1.82) is 0 Å². The van der Waals surface area contributed by atoms with Crippen LogP contribution in [0.4, 0.5) is 15.9 Å². The Labute approximate surface area is 208 Å². The lowest BCUT2D eigenvalue weighted by Gasteiger charge is -2.16. The topological polar surface area (TPSA) is 144 Å². The molecule has 0 aliphatic heterocycles. The van der Waals surface area contributed by atoms with Crippen LogP contribution in [0.3, 0.4) is 0 Å². The average Bonchev–Trinajstić information content (AvgIpc) is 3.55. The number of aliphatic hydroxyl groups is 2. The van der Waals surface area contributed by atoms with E-state index in [1.807, 2.05) is 44.2 Å². The van der Waals surface area contributed by atoms with Crippen LogP contribution in [0, 0.1) is 0 Å². The highest BCUT2D eigenvalue weighted by molar-refractivity contribution is 7.18. The number of thiazole rings is 1. The molecule has 1 aromatic carbocycles. The molecular formula is C24H31N7O3S. The number of carbonyl (C=O) groups excluding carboxylic acids is 1. The molecule has 2 amide bonds. The molecule has 0 spiro atoms. The van der Waals surface area contributed by atoms with Crippen LogP contribution in [0.2, 0.25) is 0 Å². The Balaban J connectivity index is 1.66. The monoisotopic (exact) mass is 497 g/mol. The number of hydrogen-bond acceptors (Lipinski definition) is 9. The first-order chi connectivity index (χ1) is 16.9. The average molecular weight is 498 g/mol. The fourth-order valence-electron chi connectivity index (χ4n) is 3.38. The molecule has 1 fully saturated rings. The van der Waals surface area contributed by atoms with Crippen LogP contribution in [0.25, 0.3) is 21.8 Å². The van der Waals surface area contributed by atoms with E-state index >= 15 is 0 Å². The summed E-state index contributed by atoms with van der Waals surface area (Å²) in [4.78, 5) is 26.7. The highest BCUT2D eigenvalue weighted by Gasteiger charge is 2.23. The van der Waals surface area contributed by atoms with Crippen molar-refractivity contribution in [2.45, 2.75) is 51.4 Å². The van der Waals surface area contributed by atoms with E-state index in [2.05, 4.69) is 36.2 Å². The zero-order valence-electron chi connectivity index (χ0n) is 19.8. The standard InChI is InChI=1S/C24H31N7O3S/c1-14(2)27-24-26-11-21(35-24)20-9-19(30-22(31-20)28-17(12-32)13-33)18-6-4-3-5-15(18)10-25-23(34)29-16-7-8-16/h3-6,9,11,14,16-17,32-33H,7-8,10,12-13H2,1-2H3,(H,26,27)(H2,25,29,34)(H,28,30,31). The highest BCUT2D eigenvalue weighted by Crippen LogP contribution is 2.32. The summed E-state index contributed by atoms with van der Waals surface area (Å²) in [6, 6.07) is 9.36. The predicted octanol–water partition coefficient (Wildman–Crippen LogP) is 2.81. The van der Waals surface area contributed by atoms with Crippen molar-refractivity contribution in [2.24, 2.45) is 0 Å². The number of benzene rings is 1. The minimum atomic E-state index is -0.597. The van der Waals surface area contributed by atoms with Gasteiger partial charge in [0.15, 0.2) is 5.13 Å². The molecule has 0 saturated heterocycles. The second kappa shape index (κ2) is 11.4. The summed E-state index contributed by atoms with van der Waals surface area (Å²) < 4.78 is 0. The maximum Gasteiger partial charge on any atom is 0.315 e. The molecule has 6 N–H and O–H groups in total. The summed E-state index contributed by atoms with van der Waals surface area (Å²) in [5.74, 6) is 0.284. The highest BCUT2D eigenvalue weighted by atomic mass is 32.1. The number of aromatic nitrogens is 3. The van der Waals surface area contributed by atoms with E-state index in [0.29, 0.717) is 17.9 Å². The van der Waals surface area contributed by atoms with Crippen LogP contribution in [0.1, 0.15) is 32.3 Å². The fraction of sp³-hybridized carbons (Fsp3) is 0.417. The SMILES string of the molecule is CC(C)Nc1ncc(-c2cc(-c3ccccc3CNC(=O)NC3CC3)nc(NC(CO)CO)n2)s1. The van der Waals surface area contributed by atoms with Crippen LogP contribution in [-0.2, 0) is 6.54 Å². The lowest BCUT2D eigenvalue weighted by Crippen LogP contribution is -2.36. The molecule has 0 atom stereocenters. The van der Waals surface area contributed by atoms with Crippen molar-refractivity contribution >= 4 is 28.4 Å². The molecule has 10 nitrogen and oxygen atoms in total. The lowest BCUT2D eigenvalue weighted by molar-refractivity contribution is 0.203. The van der Waals surface area contributed by atoms with Gasteiger partial charge in [-0.05, 0) is 38.3 Å². The third-order valence-corrected chi connectivity index (χ3v) is 6.27. The maximum atomic E-state index is 12.2. The molecule has 186 valence electrons. The summed E-state index contributed by atoms with van der Waals surface area (Å²) in [7, 11) is 0. The Bertz CT molecular complexity index is 1150. The van der Waals surface area contributed by atoms with Crippen molar-refractivity contribution in [1.82, 2.24) is 25.6 Å². The van der Waals surface area contributed by atoms with Gasteiger partial charge in [-0.15, -0.1) is 0 Å². The Morgan fingerprint density at radius 2 is 1.86 bits per heavy atom. The van der Waals surface area contributed by atoms with Crippen molar-refractivity contribution < 1.29 is 15.0 Å².